The van der Waals surface area contributed by atoms with E-state index in [0.29, 0.717) is 11.2 Å². The second-order valence-electron chi connectivity index (χ2n) is 4.63. The fraction of sp³-hybridized carbons (Fsp3) is 0.636. The van der Waals surface area contributed by atoms with E-state index in [0.717, 1.165) is 18.3 Å². The predicted molar refractivity (Wildman–Crippen MR) is 63.6 cm³/mol. The van der Waals surface area contributed by atoms with Crippen molar-refractivity contribution in [3.05, 3.63) is 17.3 Å². The summed E-state index contributed by atoms with van der Waals surface area (Å²) >= 11 is 5.71. The molecule has 0 spiro atoms. The Morgan fingerprint density at radius 2 is 2.06 bits per heavy atom. The number of aromatic nitrogens is 2. The summed E-state index contributed by atoms with van der Waals surface area (Å²) in [4.78, 5) is 2.51. The number of anilines is 1. The molecule has 16 heavy (non-hydrogen) atoms. The zero-order chi connectivity index (χ0) is 11.0. The van der Waals surface area contributed by atoms with Crippen molar-refractivity contribution in [3.63, 3.8) is 0 Å². The number of halogens is 1. The van der Waals surface area contributed by atoms with Crippen LogP contribution in [0.15, 0.2) is 12.1 Å². The first-order chi connectivity index (χ1) is 7.81. The molecule has 5 heteroatoms. The summed E-state index contributed by atoms with van der Waals surface area (Å²) in [6.07, 6.45) is 2.61. The van der Waals surface area contributed by atoms with Crippen LogP contribution in [0.4, 0.5) is 5.82 Å². The zero-order valence-corrected chi connectivity index (χ0v) is 9.82. The molecule has 3 fully saturated rings. The van der Waals surface area contributed by atoms with E-state index in [1.54, 1.807) is 6.07 Å². The number of fused-ring (bicyclic) bond motifs is 3. The van der Waals surface area contributed by atoms with E-state index in [1.165, 1.54) is 25.9 Å². The van der Waals surface area contributed by atoms with Gasteiger partial charge in [0.25, 0.3) is 0 Å². The van der Waals surface area contributed by atoms with Crippen molar-refractivity contribution in [2.45, 2.75) is 18.9 Å². The lowest BCUT2D eigenvalue weighted by atomic mass is 9.84. The molecule has 86 valence electrons. The Hall–Kier alpha value is -0.870. The number of nitrogens with zero attached hydrogens (tertiary/aromatic N) is 3. The van der Waals surface area contributed by atoms with Crippen LogP contribution in [0, 0.1) is 5.92 Å². The zero-order valence-electron chi connectivity index (χ0n) is 9.06. The SMILES string of the molecule is Clc1ccc(NC2CN3CCC2CC3)nn1. The van der Waals surface area contributed by atoms with Crippen LogP contribution < -0.4 is 5.32 Å². The highest BCUT2D eigenvalue weighted by atomic mass is 35.5. The van der Waals surface area contributed by atoms with Crippen molar-refractivity contribution in [1.82, 2.24) is 15.1 Å². The molecule has 1 aromatic rings. The van der Waals surface area contributed by atoms with Gasteiger partial charge in [0.1, 0.15) is 5.82 Å². The molecule has 3 saturated heterocycles. The summed E-state index contributed by atoms with van der Waals surface area (Å²) in [5.74, 6) is 1.63. The Bertz CT molecular complexity index is 359. The second kappa shape index (κ2) is 4.18. The molecular weight excluding hydrogens is 224 g/mol. The average molecular weight is 239 g/mol. The fourth-order valence-corrected chi connectivity index (χ4v) is 2.81. The van der Waals surface area contributed by atoms with Gasteiger partial charge in [0.2, 0.25) is 0 Å². The standard InChI is InChI=1S/C11H15ClN4/c12-10-1-2-11(15-14-10)13-9-7-16-5-3-8(9)4-6-16/h1-2,8-9H,3-7H2,(H,13,15). The van der Waals surface area contributed by atoms with Gasteiger partial charge in [-0.15, -0.1) is 10.2 Å². The van der Waals surface area contributed by atoms with E-state index >= 15 is 0 Å². The minimum absolute atomic E-state index is 0.444. The fourth-order valence-electron chi connectivity index (χ4n) is 2.71. The topological polar surface area (TPSA) is 41.0 Å². The van der Waals surface area contributed by atoms with Gasteiger partial charge in [-0.05, 0) is 44.0 Å². The van der Waals surface area contributed by atoms with E-state index in [-0.39, 0.29) is 0 Å². The van der Waals surface area contributed by atoms with Crippen LogP contribution in [0.25, 0.3) is 0 Å². The minimum Gasteiger partial charge on any atom is -0.364 e. The van der Waals surface area contributed by atoms with E-state index in [2.05, 4.69) is 20.4 Å². The number of rotatable bonds is 2. The Kier molecular flexibility index (Phi) is 2.69. The van der Waals surface area contributed by atoms with Crippen molar-refractivity contribution in [3.8, 4) is 0 Å². The van der Waals surface area contributed by atoms with Crippen molar-refractivity contribution < 1.29 is 0 Å². The molecule has 3 aliphatic rings. The molecule has 2 bridgehead atoms. The highest BCUT2D eigenvalue weighted by Gasteiger charge is 2.34. The van der Waals surface area contributed by atoms with E-state index in [9.17, 15) is 0 Å². The molecule has 4 nitrogen and oxygen atoms in total. The number of hydrogen-bond acceptors (Lipinski definition) is 4. The molecule has 0 aromatic carbocycles. The van der Waals surface area contributed by atoms with Crippen molar-refractivity contribution in [2.75, 3.05) is 25.0 Å². The van der Waals surface area contributed by atoms with Gasteiger partial charge in [0, 0.05) is 12.6 Å². The van der Waals surface area contributed by atoms with E-state index in [4.69, 9.17) is 11.6 Å². The maximum atomic E-state index is 5.71. The molecule has 0 saturated carbocycles. The third-order valence-corrected chi connectivity index (χ3v) is 3.82. The Morgan fingerprint density at radius 3 is 2.62 bits per heavy atom. The normalized spacial score (nSPS) is 32.7. The molecule has 1 atom stereocenters. The second-order valence-corrected chi connectivity index (χ2v) is 5.02. The summed E-state index contributed by atoms with van der Waals surface area (Å²) in [6.45, 7) is 3.65. The third-order valence-electron chi connectivity index (χ3n) is 3.62. The quantitative estimate of drug-likeness (QED) is 0.851. The lowest BCUT2D eigenvalue weighted by Crippen LogP contribution is -2.53. The van der Waals surface area contributed by atoms with Crippen molar-refractivity contribution in [1.29, 1.82) is 0 Å². The van der Waals surface area contributed by atoms with Gasteiger partial charge in [0.05, 0.1) is 0 Å². The first kappa shape index (κ1) is 10.3. The van der Waals surface area contributed by atoms with Crippen LogP contribution in [0.3, 0.4) is 0 Å². The maximum Gasteiger partial charge on any atom is 0.151 e. The smallest absolute Gasteiger partial charge is 0.151 e. The number of hydrogen-bond donors (Lipinski definition) is 1. The van der Waals surface area contributed by atoms with Gasteiger partial charge in [-0.2, -0.15) is 0 Å². The number of piperidine rings is 3. The van der Waals surface area contributed by atoms with Crippen LogP contribution in [-0.2, 0) is 0 Å². The van der Waals surface area contributed by atoms with Crippen LogP contribution in [0.1, 0.15) is 12.8 Å². The number of nitrogens with one attached hydrogen (secondary N) is 1. The first-order valence-electron chi connectivity index (χ1n) is 5.79. The lowest BCUT2D eigenvalue weighted by Gasteiger charge is -2.45. The lowest BCUT2D eigenvalue weighted by molar-refractivity contribution is 0.0973. The van der Waals surface area contributed by atoms with E-state index in [1.807, 2.05) is 6.07 Å². The van der Waals surface area contributed by atoms with Crippen LogP contribution in [0.2, 0.25) is 5.15 Å². The summed E-state index contributed by atoms with van der Waals surface area (Å²) in [5.41, 5.74) is 0. The van der Waals surface area contributed by atoms with Gasteiger partial charge >= 0.3 is 0 Å². The summed E-state index contributed by atoms with van der Waals surface area (Å²) in [6, 6.07) is 4.20. The van der Waals surface area contributed by atoms with E-state index < -0.39 is 0 Å². The third kappa shape index (κ3) is 1.99. The first-order valence-corrected chi connectivity index (χ1v) is 6.17. The molecule has 4 heterocycles. The monoisotopic (exact) mass is 238 g/mol. The molecule has 1 unspecified atom stereocenters. The highest BCUT2D eigenvalue weighted by Crippen LogP contribution is 2.29. The Labute approximate surface area is 100.0 Å². The van der Waals surface area contributed by atoms with Crippen molar-refractivity contribution in [2.24, 2.45) is 5.92 Å². The molecule has 1 N–H and O–H groups in total. The Morgan fingerprint density at radius 1 is 1.25 bits per heavy atom. The highest BCUT2D eigenvalue weighted by molar-refractivity contribution is 6.29. The maximum absolute atomic E-state index is 5.71. The molecule has 0 aliphatic carbocycles. The molecule has 0 radical (unpaired) electrons. The summed E-state index contributed by atoms with van der Waals surface area (Å²) < 4.78 is 0. The van der Waals surface area contributed by atoms with Gasteiger partial charge in [-0.1, -0.05) is 11.6 Å². The summed E-state index contributed by atoms with van der Waals surface area (Å²) in [5, 5.41) is 11.8. The minimum atomic E-state index is 0.444. The summed E-state index contributed by atoms with van der Waals surface area (Å²) in [7, 11) is 0. The molecule has 4 rings (SSSR count). The largest absolute Gasteiger partial charge is 0.364 e. The predicted octanol–water partition coefficient (Wildman–Crippen LogP) is 1.64. The molecule has 0 amide bonds. The van der Waals surface area contributed by atoms with Crippen molar-refractivity contribution >= 4 is 17.4 Å². The van der Waals surface area contributed by atoms with Gasteiger partial charge in [-0.3, -0.25) is 0 Å². The van der Waals surface area contributed by atoms with Crippen LogP contribution >= 0.6 is 11.6 Å². The molecular formula is C11H15ClN4. The van der Waals surface area contributed by atoms with Crippen LogP contribution in [-0.4, -0.2) is 40.8 Å². The molecule has 1 aromatic heterocycles. The van der Waals surface area contributed by atoms with Gasteiger partial charge < -0.3 is 10.2 Å². The van der Waals surface area contributed by atoms with Crippen LogP contribution in [0.5, 0.6) is 0 Å². The van der Waals surface area contributed by atoms with Gasteiger partial charge in [0.15, 0.2) is 5.15 Å². The van der Waals surface area contributed by atoms with Gasteiger partial charge in [-0.25, -0.2) is 0 Å². The average Bonchev–Trinajstić information content (AvgIpc) is 2.34. The Balaban J connectivity index is 1.68. The molecule has 3 aliphatic heterocycles.